The van der Waals surface area contributed by atoms with Crippen molar-refractivity contribution in [1.29, 1.82) is 0 Å². The zero-order chi connectivity index (χ0) is 30.6. The number of aryl methyl sites for hydroxylation is 2. The molecule has 0 bridgehead atoms. The number of carboxylic acid groups (broad SMARTS) is 1. The monoisotopic (exact) mass is 628 g/mol. The molecule has 216 valence electrons. The molecule has 9 nitrogen and oxygen atoms in total. The maximum atomic E-state index is 14.0. The summed E-state index contributed by atoms with van der Waals surface area (Å²) in [6.07, 6.45) is 1.99. The zero-order valence-corrected chi connectivity index (χ0v) is 25.8. The second kappa shape index (κ2) is 13.2. The molecule has 0 spiro atoms. The summed E-state index contributed by atoms with van der Waals surface area (Å²) in [5.41, 5.74) is 12.2. The Balaban J connectivity index is 1.68. The van der Waals surface area contributed by atoms with E-state index in [1.54, 1.807) is 35.4 Å². The Bertz CT molecular complexity index is 1600. The van der Waals surface area contributed by atoms with Gasteiger partial charge in [-0.15, -0.1) is 0 Å². The third-order valence-electron chi connectivity index (χ3n) is 7.36. The number of rotatable bonds is 11. The van der Waals surface area contributed by atoms with Crippen LogP contribution in [0.3, 0.4) is 0 Å². The number of nitrogens with zero attached hydrogens (tertiary/aromatic N) is 2. The number of carbonyl (C=O) groups excluding carboxylic acids is 2. The van der Waals surface area contributed by atoms with Crippen molar-refractivity contribution in [1.82, 2.24) is 14.9 Å². The van der Waals surface area contributed by atoms with Gasteiger partial charge in [-0.25, -0.2) is 4.79 Å². The Kier molecular flexibility index (Phi) is 9.66. The van der Waals surface area contributed by atoms with Gasteiger partial charge in [-0.2, -0.15) is 0 Å². The number of carbonyl (C=O) groups is 3. The number of nitrogens with one attached hydrogen (secondary N) is 1. The van der Waals surface area contributed by atoms with Crippen molar-refractivity contribution >= 4 is 33.3 Å². The van der Waals surface area contributed by atoms with Crippen LogP contribution in [0.2, 0.25) is 0 Å². The van der Waals surface area contributed by atoms with Gasteiger partial charge >= 0.3 is 167 Å². The van der Waals surface area contributed by atoms with Gasteiger partial charge in [-0.1, -0.05) is 30.3 Å². The van der Waals surface area contributed by atoms with Crippen LogP contribution in [0.5, 0.6) is 5.75 Å². The van der Waals surface area contributed by atoms with Gasteiger partial charge in [0.2, 0.25) is 0 Å². The van der Waals surface area contributed by atoms with Crippen LogP contribution in [-0.2, 0) is 17.8 Å². The number of aromatic carboxylic acids is 1. The van der Waals surface area contributed by atoms with E-state index in [0.717, 1.165) is 27.9 Å². The average molecular weight is 629 g/mol. The van der Waals surface area contributed by atoms with Gasteiger partial charge < -0.3 is 9.84 Å². The Morgan fingerprint density at radius 2 is 1.74 bits per heavy atom. The molecule has 2 radical (unpaired) electrons. The van der Waals surface area contributed by atoms with Crippen molar-refractivity contribution in [2.24, 2.45) is 5.73 Å². The van der Waals surface area contributed by atoms with E-state index in [-0.39, 0.29) is 34.8 Å². The second-order valence-electron chi connectivity index (χ2n) is 10.2. The van der Waals surface area contributed by atoms with Gasteiger partial charge in [0, 0.05) is 0 Å². The molecule has 1 heterocycles. The van der Waals surface area contributed by atoms with Crippen LogP contribution < -0.4 is 10.5 Å². The molecule has 0 saturated heterocycles. The molecule has 4 N–H and O–H groups in total. The van der Waals surface area contributed by atoms with E-state index in [9.17, 15) is 19.5 Å². The number of ether oxygens (including phenoxy) is 1. The number of hydrogen-bond donors (Lipinski definition) is 3. The fraction of sp³-hybridized carbons (Fsp3) is 0.250. The van der Waals surface area contributed by atoms with Crippen LogP contribution in [0.4, 0.5) is 0 Å². The van der Waals surface area contributed by atoms with Gasteiger partial charge in [0.05, 0.1) is 19.0 Å². The number of aromatic amines is 1. The summed E-state index contributed by atoms with van der Waals surface area (Å²) in [4.78, 5) is 47.3. The van der Waals surface area contributed by atoms with Crippen LogP contribution in [-0.4, -0.2) is 66.4 Å². The van der Waals surface area contributed by atoms with Gasteiger partial charge in [0.15, 0.2) is 0 Å². The molecular formula is C32H33AsN4O5. The smallest absolute Gasteiger partial charge is 0.478 e. The molecule has 42 heavy (non-hydrogen) atoms. The molecule has 0 fully saturated rings. The number of aromatic nitrogens is 2. The van der Waals surface area contributed by atoms with Crippen LogP contribution in [0.15, 0.2) is 66.9 Å². The standard InChI is InChI=1S/C32H33AsN4O5/c1-18-12-23(29(33)38)13-19(2)24(18)15-26(34)31(39)37(17-21-10-11-28(42-4)25(14-21)32(40)41)20(3)30-35-16-27(36-30)22-8-6-5-7-9-22/h5-14,16,20,26H,15,17,34H2,1-4H3,(H,35,36)(H,40,41). The number of imidazole rings is 1. The van der Waals surface area contributed by atoms with Crippen molar-refractivity contribution < 1.29 is 24.2 Å². The quantitative estimate of drug-likeness (QED) is 0.210. The Morgan fingerprint density at radius 3 is 2.33 bits per heavy atom. The molecule has 0 aliphatic carbocycles. The third kappa shape index (κ3) is 6.81. The molecule has 2 unspecified atom stereocenters. The van der Waals surface area contributed by atoms with Gasteiger partial charge in [-0.3, -0.25) is 0 Å². The summed E-state index contributed by atoms with van der Waals surface area (Å²) in [6.45, 7) is 5.75. The molecule has 1 aromatic heterocycles. The van der Waals surface area contributed by atoms with E-state index in [2.05, 4.69) is 9.97 Å². The summed E-state index contributed by atoms with van der Waals surface area (Å²) in [5.74, 6) is -0.656. The number of H-pyrrole nitrogens is 1. The van der Waals surface area contributed by atoms with E-state index < -0.39 is 18.1 Å². The van der Waals surface area contributed by atoms with Gasteiger partial charge in [0.1, 0.15) is 11.3 Å². The molecule has 4 aromatic rings. The van der Waals surface area contributed by atoms with Crippen LogP contribution in [0, 0.1) is 13.8 Å². The van der Waals surface area contributed by atoms with Crippen molar-refractivity contribution in [2.45, 2.75) is 45.8 Å². The van der Waals surface area contributed by atoms with Crippen molar-refractivity contribution in [3.63, 3.8) is 0 Å². The first kappa shape index (κ1) is 30.8. The van der Waals surface area contributed by atoms with Crippen molar-refractivity contribution in [3.8, 4) is 17.0 Å². The predicted molar refractivity (Wildman–Crippen MR) is 161 cm³/mol. The van der Waals surface area contributed by atoms with E-state index in [4.69, 9.17) is 10.5 Å². The fourth-order valence-corrected chi connectivity index (χ4v) is 5.31. The molecular weight excluding hydrogens is 595 g/mol. The van der Waals surface area contributed by atoms with Crippen LogP contribution in [0.25, 0.3) is 11.3 Å². The number of methoxy groups -OCH3 is 1. The SMILES string of the molecule is COc1ccc(CN(C(=O)C(N)Cc2c(C)cc(C(=O)[As])cc2C)C(C)c2ncc(-c3ccccc3)[nH]2)cc1C(=O)O. The van der Waals surface area contributed by atoms with Crippen molar-refractivity contribution in [2.75, 3.05) is 7.11 Å². The average Bonchev–Trinajstić information content (AvgIpc) is 3.47. The number of nitrogens with two attached hydrogens (primary N) is 1. The Hall–Kier alpha value is -4.20. The molecule has 0 aliphatic heterocycles. The summed E-state index contributed by atoms with van der Waals surface area (Å²) in [6, 6.07) is 16.7. The third-order valence-corrected chi connectivity index (χ3v) is 7.90. The first-order valence-corrected chi connectivity index (χ1v) is 14.3. The number of amides is 1. The van der Waals surface area contributed by atoms with E-state index in [0.29, 0.717) is 17.0 Å². The van der Waals surface area contributed by atoms with Crippen LogP contribution in [0.1, 0.15) is 61.8 Å². The predicted octanol–water partition coefficient (Wildman–Crippen LogP) is 4.37. The van der Waals surface area contributed by atoms with Gasteiger partial charge in [0.25, 0.3) is 0 Å². The summed E-state index contributed by atoms with van der Waals surface area (Å²) in [5, 5.41) is 9.70. The van der Waals surface area contributed by atoms with Gasteiger partial charge in [-0.05, 0) is 11.6 Å². The molecule has 10 heteroatoms. The van der Waals surface area contributed by atoms with E-state index in [1.165, 1.54) is 13.2 Å². The molecule has 3 aromatic carbocycles. The summed E-state index contributed by atoms with van der Waals surface area (Å²) >= 11 is 2.02. The fourth-order valence-electron chi connectivity index (χ4n) is 5.04. The molecule has 0 aliphatic rings. The minimum absolute atomic E-state index is 0.000791. The minimum Gasteiger partial charge on any atom is -0.478 e. The Labute approximate surface area is 253 Å². The second-order valence-corrected chi connectivity index (χ2v) is 11.1. The first-order chi connectivity index (χ1) is 20.0. The number of hydrogen-bond acceptors (Lipinski definition) is 6. The minimum atomic E-state index is -1.13. The maximum absolute atomic E-state index is 14.0. The number of carboxylic acids is 1. The summed E-state index contributed by atoms with van der Waals surface area (Å²) < 4.78 is 5.12. The topological polar surface area (TPSA) is 139 Å². The molecule has 2 atom stereocenters. The normalized spacial score (nSPS) is 12.4. The number of benzene rings is 3. The molecule has 4 rings (SSSR count). The van der Waals surface area contributed by atoms with Crippen LogP contribution >= 0.6 is 0 Å². The summed E-state index contributed by atoms with van der Waals surface area (Å²) in [7, 11) is 1.41. The molecule has 0 saturated carbocycles. The first-order valence-electron chi connectivity index (χ1n) is 13.4. The molecule has 1 amide bonds. The van der Waals surface area contributed by atoms with E-state index >= 15 is 0 Å². The van der Waals surface area contributed by atoms with Crippen molar-refractivity contribution in [3.05, 3.63) is 106 Å². The Morgan fingerprint density at radius 1 is 1.07 bits per heavy atom. The zero-order valence-electron chi connectivity index (χ0n) is 23.9. The van der Waals surface area contributed by atoms with E-state index in [1.807, 2.05) is 68.0 Å².